The lowest BCUT2D eigenvalue weighted by atomic mass is 10.2. The van der Waals surface area contributed by atoms with Gasteiger partial charge in [-0.05, 0) is 12.1 Å². The molecule has 4 aromatic rings. The topological polar surface area (TPSA) is 112 Å². The van der Waals surface area contributed by atoms with Crippen molar-refractivity contribution in [2.45, 2.75) is 11.6 Å². The van der Waals surface area contributed by atoms with Crippen LogP contribution in [0.4, 0.5) is 0 Å². The van der Waals surface area contributed by atoms with Crippen LogP contribution < -0.4 is 16.6 Å². The molecule has 0 radical (unpaired) electrons. The molecule has 1 N–H and O–H groups in total. The van der Waals surface area contributed by atoms with Gasteiger partial charge in [0, 0.05) is 19.7 Å². The van der Waals surface area contributed by atoms with Gasteiger partial charge in [0.25, 0.3) is 5.56 Å². The monoisotopic (exact) mass is 437 g/mol. The molecule has 1 amide bonds. The minimum absolute atomic E-state index is 0.0348. The maximum atomic E-state index is 12.8. The summed E-state index contributed by atoms with van der Waals surface area (Å²) in [5, 5.41) is 3.30. The van der Waals surface area contributed by atoms with E-state index < -0.39 is 11.2 Å². The number of aromatic nitrogens is 4. The Morgan fingerprint density at radius 2 is 1.84 bits per heavy atom. The number of fused-ring (bicyclic) bond motifs is 1. The lowest BCUT2D eigenvalue weighted by Gasteiger charge is -2.12. The molecule has 0 saturated heterocycles. The molecule has 9 nitrogen and oxygen atoms in total. The van der Waals surface area contributed by atoms with E-state index in [9.17, 15) is 14.4 Å². The number of thioether (sulfide) groups is 1. The number of hydrogen-bond donors (Lipinski definition) is 1. The third-order valence-electron chi connectivity index (χ3n) is 4.68. The van der Waals surface area contributed by atoms with Crippen LogP contribution >= 0.6 is 11.8 Å². The summed E-state index contributed by atoms with van der Waals surface area (Å²) in [6.45, 7) is 0.266. The van der Waals surface area contributed by atoms with Crippen molar-refractivity contribution in [3.8, 4) is 11.4 Å². The van der Waals surface area contributed by atoms with Crippen LogP contribution in [0.15, 0.2) is 67.8 Å². The highest BCUT2D eigenvalue weighted by molar-refractivity contribution is 8.00. The summed E-state index contributed by atoms with van der Waals surface area (Å²) in [4.78, 5) is 46.6. The molecule has 0 fully saturated rings. The largest absolute Gasteiger partial charge is 0.467 e. The minimum Gasteiger partial charge on any atom is -0.467 e. The van der Waals surface area contributed by atoms with Gasteiger partial charge in [0.1, 0.15) is 16.2 Å². The number of benzene rings is 1. The zero-order chi connectivity index (χ0) is 22.0. The highest BCUT2D eigenvalue weighted by Gasteiger charge is 2.19. The van der Waals surface area contributed by atoms with Crippen LogP contribution in [0.1, 0.15) is 5.76 Å². The molecule has 1 aromatic carbocycles. The summed E-state index contributed by atoms with van der Waals surface area (Å²) in [7, 11) is 2.95. The van der Waals surface area contributed by atoms with E-state index in [2.05, 4.69) is 15.3 Å². The number of rotatable bonds is 6. The molecule has 3 heterocycles. The highest BCUT2D eigenvalue weighted by Crippen LogP contribution is 2.25. The van der Waals surface area contributed by atoms with Gasteiger partial charge in [-0.15, -0.1) is 0 Å². The average Bonchev–Trinajstić information content (AvgIpc) is 3.32. The van der Waals surface area contributed by atoms with Crippen molar-refractivity contribution < 1.29 is 9.21 Å². The Bertz CT molecular complexity index is 1360. The van der Waals surface area contributed by atoms with Crippen molar-refractivity contribution in [1.29, 1.82) is 0 Å². The van der Waals surface area contributed by atoms with E-state index in [1.54, 1.807) is 19.2 Å². The summed E-state index contributed by atoms with van der Waals surface area (Å²) in [5.74, 6) is 0.805. The van der Waals surface area contributed by atoms with Gasteiger partial charge in [-0.2, -0.15) is 0 Å². The minimum atomic E-state index is -0.504. The van der Waals surface area contributed by atoms with Crippen molar-refractivity contribution in [2.24, 2.45) is 14.1 Å². The molecule has 0 aliphatic carbocycles. The molecular formula is C21H19N5O4S. The number of nitrogens with zero attached hydrogens (tertiary/aromatic N) is 4. The molecular weight excluding hydrogens is 418 g/mol. The normalized spacial score (nSPS) is 11.0. The summed E-state index contributed by atoms with van der Waals surface area (Å²) in [5.41, 5.74) is -0.0272. The summed E-state index contributed by atoms with van der Waals surface area (Å²) in [6.07, 6.45) is 1.54. The lowest BCUT2D eigenvalue weighted by molar-refractivity contribution is -0.118. The molecule has 0 unspecified atom stereocenters. The fraction of sp³-hybridized carbons (Fsp3) is 0.190. The third kappa shape index (κ3) is 4.15. The van der Waals surface area contributed by atoms with Gasteiger partial charge in [-0.1, -0.05) is 42.1 Å². The number of hydrogen-bond acceptors (Lipinski definition) is 7. The van der Waals surface area contributed by atoms with Crippen molar-refractivity contribution in [3.05, 3.63) is 75.3 Å². The number of nitrogens with one attached hydrogen (secondary N) is 1. The van der Waals surface area contributed by atoms with Crippen molar-refractivity contribution in [2.75, 3.05) is 5.75 Å². The molecule has 158 valence electrons. The Morgan fingerprint density at radius 1 is 1.06 bits per heavy atom. The first-order chi connectivity index (χ1) is 15.0. The fourth-order valence-corrected chi connectivity index (χ4v) is 3.88. The van der Waals surface area contributed by atoms with Gasteiger partial charge in [0.2, 0.25) is 5.91 Å². The number of carbonyl (C=O) groups is 1. The molecule has 3 aromatic heterocycles. The fourth-order valence-electron chi connectivity index (χ4n) is 3.03. The maximum Gasteiger partial charge on any atom is 0.332 e. The molecule has 4 rings (SSSR count). The summed E-state index contributed by atoms with van der Waals surface area (Å²) >= 11 is 1.12. The first kappa shape index (κ1) is 20.6. The lowest BCUT2D eigenvalue weighted by Crippen LogP contribution is -2.37. The van der Waals surface area contributed by atoms with E-state index in [4.69, 9.17) is 4.42 Å². The quantitative estimate of drug-likeness (QED) is 0.361. The van der Waals surface area contributed by atoms with E-state index in [0.29, 0.717) is 16.6 Å². The number of aryl methyl sites for hydroxylation is 1. The summed E-state index contributed by atoms with van der Waals surface area (Å²) in [6, 6.07) is 12.8. The van der Waals surface area contributed by atoms with Crippen LogP contribution in [0.5, 0.6) is 0 Å². The Morgan fingerprint density at radius 3 is 2.55 bits per heavy atom. The smallest absolute Gasteiger partial charge is 0.332 e. The highest BCUT2D eigenvalue weighted by atomic mass is 32.2. The number of amides is 1. The average molecular weight is 437 g/mol. The van der Waals surface area contributed by atoms with Crippen LogP contribution in [0.3, 0.4) is 0 Å². The first-order valence-corrected chi connectivity index (χ1v) is 10.4. The van der Waals surface area contributed by atoms with Crippen LogP contribution in [0.25, 0.3) is 22.4 Å². The SMILES string of the molecule is Cn1c(=O)c2c(SCC(=O)NCc3ccco3)nc(-c3ccccc3)nc2n(C)c1=O. The first-order valence-electron chi connectivity index (χ1n) is 9.40. The van der Waals surface area contributed by atoms with Crippen LogP contribution in [0, 0.1) is 0 Å². The number of furan rings is 1. The molecule has 0 spiro atoms. The molecule has 10 heteroatoms. The molecule has 0 bridgehead atoms. The van der Waals surface area contributed by atoms with Gasteiger partial charge >= 0.3 is 5.69 Å². The standard InChI is InChI=1S/C21H19N5O4S/c1-25-18-16(20(28)26(2)21(25)29)19(24-17(23-18)13-7-4-3-5-8-13)31-12-15(27)22-11-14-9-6-10-30-14/h3-10H,11-12H2,1-2H3,(H,22,27). The van der Waals surface area contributed by atoms with Gasteiger partial charge in [-0.3, -0.25) is 18.7 Å². The van der Waals surface area contributed by atoms with Crippen molar-refractivity contribution in [1.82, 2.24) is 24.4 Å². The van der Waals surface area contributed by atoms with Crippen LogP contribution in [0.2, 0.25) is 0 Å². The van der Waals surface area contributed by atoms with Gasteiger partial charge in [0.05, 0.1) is 18.6 Å². The second-order valence-corrected chi connectivity index (χ2v) is 7.73. The van der Waals surface area contributed by atoms with E-state index in [-0.39, 0.29) is 29.2 Å². The third-order valence-corrected chi connectivity index (χ3v) is 5.65. The maximum absolute atomic E-state index is 12.8. The van der Waals surface area contributed by atoms with E-state index in [1.165, 1.54) is 17.9 Å². The molecule has 0 aliphatic rings. The van der Waals surface area contributed by atoms with E-state index in [0.717, 1.165) is 21.9 Å². The number of carbonyl (C=O) groups excluding carboxylic acids is 1. The second kappa shape index (κ2) is 8.60. The van der Waals surface area contributed by atoms with Crippen molar-refractivity contribution >= 4 is 28.7 Å². The van der Waals surface area contributed by atoms with Crippen LogP contribution in [-0.2, 0) is 25.4 Å². The Hall–Kier alpha value is -3.66. The molecule has 0 atom stereocenters. The van der Waals surface area contributed by atoms with Gasteiger partial charge in [0.15, 0.2) is 11.5 Å². The predicted molar refractivity (Wildman–Crippen MR) is 117 cm³/mol. The van der Waals surface area contributed by atoms with Crippen LogP contribution in [-0.4, -0.2) is 30.8 Å². The molecule has 0 aliphatic heterocycles. The zero-order valence-corrected chi connectivity index (χ0v) is 17.7. The summed E-state index contributed by atoms with van der Waals surface area (Å²) < 4.78 is 7.52. The van der Waals surface area contributed by atoms with Crippen molar-refractivity contribution in [3.63, 3.8) is 0 Å². The Kier molecular flexibility index (Phi) is 5.72. The molecule has 0 saturated carbocycles. The Balaban J connectivity index is 1.72. The molecule has 31 heavy (non-hydrogen) atoms. The van der Waals surface area contributed by atoms with Gasteiger partial charge in [-0.25, -0.2) is 14.8 Å². The zero-order valence-electron chi connectivity index (χ0n) is 16.9. The predicted octanol–water partition coefficient (Wildman–Crippen LogP) is 1.70. The van der Waals surface area contributed by atoms with Gasteiger partial charge < -0.3 is 9.73 Å². The Labute approximate surface area is 180 Å². The second-order valence-electron chi connectivity index (χ2n) is 6.77. The van der Waals surface area contributed by atoms with E-state index >= 15 is 0 Å². The van der Waals surface area contributed by atoms with E-state index in [1.807, 2.05) is 30.3 Å².